The summed E-state index contributed by atoms with van der Waals surface area (Å²) in [5, 5.41) is 6.82. The third-order valence-electron chi connectivity index (χ3n) is 12.2. The van der Waals surface area contributed by atoms with Crippen LogP contribution in [0.15, 0.2) is 42.5 Å². The van der Waals surface area contributed by atoms with Crippen LogP contribution in [0.5, 0.6) is 11.8 Å². The average Bonchev–Trinajstić information content (AvgIpc) is 4.01. The molecule has 2 saturated carbocycles. The number of pyridine rings is 1. The molecule has 58 heavy (non-hydrogen) atoms. The molecule has 0 radical (unpaired) electrons. The van der Waals surface area contributed by atoms with Crippen LogP contribution in [0.4, 0.5) is 13.6 Å². The third-order valence-corrected chi connectivity index (χ3v) is 14.3. The lowest BCUT2D eigenvalue weighted by atomic mass is 9.88. The number of nitrogens with zero attached hydrogens (tertiary/aromatic N) is 2. The fourth-order valence-electron chi connectivity index (χ4n) is 7.69. The fraction of sp³-hybridized carbons (Fsp3) is 0.634. The molecular weight excluding hydrogens is 777 g/mol. The number of allylic oxidation sites excluding steroid dienone is 1. The highest BCUT2D eigenvalue weighted by atomic mass is 32.2. The van der Waals surface area contributed by atoms with Crippen molar-refractivity contribution >= 4 is 44.6 Å². The Morgan fingerprint density at radius 3 is 2.48 bits per heavy atom. The maximum absolute atomic E-state index is 14.9. The Kier molecular flexibility index (Phi) is 11.8. The van der Waals surface area contributed by atoms with Gasteiger partial charge in [0.25, 0.3) is 11.8 Å². The summed E-state index contributed by atoms with van der Waals surface area (Å²) in [5.41, 5.74) is -3.83. The second-order valence-electron chi connectivity index (χ2n) is 17.3. The van der Waals surface area contributed by atoms with E-state index in [4.69, 9.17) is 14.2 Å². The van der Waals surface area contributed by atoms with Crippen molar-refractivity contribution < 1.29 is 50.6 Å². The predicted molar refractivity (Wildman–Crippen MR) is 211 cm³/mol. The predicted octanol–water partition coefficient (Wildman–Crippen LogP) is 5.40. The summed E-state index contributed by atoms with van der Waals surface area (Å²) >= 11 is 0. The quantitative estimate of drug-likeness (QED) is 0.263. The lowest BCUT2D eigenvalue weighted by Gasteiger charge is -2.35. The molecule has 4 amide bonds. The van der Waals surface area contributed by atoms with E-state index in [0.29, 0.717) is 56.9 Å². The highest BCUT2D eigenvalue weighted by molar-refractivity contribution is 7.91. The molecule has 1 aromatic carbocycles. The molecule has 17 heteroatoms. The zero-order valence-corrected chi connectivity index (χ0v) is 34.9. The number of alkyl halides is 2. The van der Waals surface area contributed by atoms with Crippen molar-refractivity contribution in [2.75, 3.05) is 13.2 Å². The van der Waals surface area contributed by atoms with Crippen LogP contribution in [0.2, 0.25) is 0 Å². The van der Waals surface area contributed by atoms with Gasteiger partial charge in [-0.1, -0.05) is 44.2 Å². The summed E-state index contributed by atoms with van der Waals surface area (Å²) in [6.45, 7) is 10.1. The Hall–Kier alpha value is -4.54. The molecular formula is C41H55F2N5O9S. The number of alkyl carbamates (subject to hydrolysis) is 1. The van der Waals surface area contributed by atoms with E-state index in [1.807, 2.05) is 50.3 Å². The minimum atomic E-state index is -4.06. The third kappa shape index (κ3) is 8.88. The van der Waals surface area contributed by atoms with Gasteiger partial charge in [-0.25, -0.2) is 22.0 Å². The van der Waals surface area contributed by atoms with Crippen molar-refractivity contribution in [1.82, 2.24) is 25.2 Å². The van der Waals surface area contributed by atoms with Gasteiger partial charge in [0.15, 0.2) is 5.60 Å². The van der Waals surface area contributed by atoms with Crippen LogP contribution in [-0.2, 0) is 29.1 Å². The first-order valence-electron chi connectivity index (χ1n) is 20.0. The summed E-state index contributed by atoms with van der Waals surface area (Å²) in [5.74, 6) is -6.23. The van der Waals surface area contributed by atoms with Crippen LogP contribution < -0.4 is 24.8 Å². The first-order chi connectivity index (χ1) is 27.1. The second kappa shape index (κ2) is 15.9. The summed E-state index contributed by atoms with van der Waals surface area (Å²) in [6.07, 6.45) is 4.19. The van der Waals surface area contributed by atoms with E-state index in [2.05, 4.69) is 20.3 Å². The lowest BCUT2D eigenvalue weighted by Crippen LogP contribution is -2.59. The van der Waals surface area contributed by atoms with Gasteiger partial charge < -0.3 is 29.7 Å². The Balaban J connectivity index is 1.36. The molecule has 2 aliphatic heterocycles. The summed E-state index contributed by atoms with van der Waals surface area (Å²) < 4.78 is 73.7. The second-order valence-corrected chi connectivity index (χ2v) is 19.5. The highest BCUT2D eigenvalue weighted by Gasteiger charge is 2.63. The first-order valence-corrected chi connectivity index (χ1v) is 21.5. The number of benzene rings is 1. The Morgan fingerprint density at radius 2 is 1.81 bits per heavy atom. The number of amides is 4. The Bertz CT molecular complexity index is 2070. The molecule has 14 nitrogen and oxygen atoms in total. The normalized spacial score (nSPS) is 28.9. The molecule has 3 heterocycles. The number of rotatable bonds is 10. The van der Waals surface area contributed by atoms with Gasteiger partial charge in [0.2, 0.25) is 33.6 Å². The number of hydrogen-bond donors (Lipinski definition) is 3. The molecule has 318 valence electrons. The minimum Gasteiger partial charge on any atom is -0.478 e. The van der Waals surface area contributed by atoms with Gasteiger partial charge in [-0.3, -0.25) is 19.1 Å². The number of ether oxygens (including phenoxy) is 3. The van der Waals surface area contributed by atoms with E-state index in [0.717, 1.165) is 19.2 Å². The molecule has 7 unspecified atom stereocenters. The summed E-state index contributed by atoms with van der Waals surface area (Å²) in [6, 6.07) is 6.53. The van der Waals surface area contributed by atoms with Gasteiger partial charge in [-0.2, -0.15) is 4.98 Å². The molecule has 0 bridgehead atoms. The molecule has 0 spiro atoms. The van der Waals surface area contributed by atoms with Gasteiger partial charge in [0.05, 0.1) is 17.9 Å². The number of halogens is 2. The number of carbonyl (C=O) groups excluding carboxylic acids is 4. The van der Waals surface area contributed by atoms with Crippen molar-refractivity contribution in [1.29, 1.82) is 0 Å². The van der Waals surface area contributed by atoms with E-state index in [1.165, 1.54) is 4.90 Å². The number of aromatic nitrogens is 1. The van der Waals surface area contributed by atoms with Crippen LogP contribution in [0.25, 0.3) is 10.8 Å². The van der Waals surface area contributed by atoms with Gasteiger partial charge in [0, 0.05) is 30.7 Å². The molecule has 7 atom stereocenters. The van der Waals surface area contributed by atoms with Crippen LogP contribution >= 0.6 is 0 Å². The van der Waals surface area contributed by atoms with Crippen LogP contribution in [-0.4, -0.2) is 95.3 Å². The van der Waals surface area contributed by atoms with E-state index in [1.54, 1.807) is 19.9 Å². The van der Waals surface area contributed by atoms with Gasteiger partial charge in [0.1, 0.15) is 23.7 Å². The SMILES string of the molecule is CCOc1cc2ccccc2c(OC2CC3C(=O)NC4(C(=O)NS(=O)(=O)C5(C)CC5)CC4C=CCCC(C)CC(C)C(NC(=O)OC(C)(C)C(C)(F)F)C(=O)N3C2)n1. The van der Waals surface area contributed by atoms with E-state index >= 15 is 0 Å². The number of carbonyl (C=O) groups is 4. The standard InChI is InChI=1S/C41H55F2N5O9S/c1-8-55-31-20-26-14-10-12-16-29(26)34(44-31)56-28-21-30-33(49)46-41(36(51)47-58(53,54)39(6)17-18-39)22-27(41)15-11-9-13-24(2)19-25(3)32(35(50)48(30)23-28)45-37(52)57-38(4,5)40(7,42)43/h10-12,14-16,20,24-25,27-28,30,32H,8-9,13,17-19,21-23H2,1-7H3,(H,45,52)(H,46,49)(H,47,51). The number of nitrogens with one attached hydrogen (secondary N) is 3. The molecule has 2 aromatic rings. The zero-order valence-electron chi connectivity index (χ0n) is 34.1. The summed E-state index contributed by atoms with van der Waals surface area (Å²) in [7, 11) is -4.06. The molecule has 3 N–H and O–H groups in total. The molecule has 6 rings (SSSR count). The molecule has 3 fully saturated rings. The molecule has 4 aliphatic rings. The van der Waals surface area contributed by atoms with Gasteiger partial charge >= 0.3 is 6.09 Å². The van der Waals surface area contributed by atoms with Crippen molar-refractivity contribution in [2.24, 2.45) is 17.8 Å². The Morgan fingerprint density at radius 1 is 1.10 bits per heavy atom. The van der Waals surface area contributed by atoms with Crippen LogP contribution in [0, 0.1) is 17.8 Å². The summed E-state index contributed by atoms with van der Waals surface area (Å²) in [4.78, 5) is 62.5. The van der Waals surface area contributed by atoms with Crippen LogP contribution in [0.3, 0.4) is 0 Å². The van der Waals surface area contributed by atoms with Crippen LogP contribution in [0.1, 0.15) is 93.4 Å². The van der Waals surface area contributed by atoms with Crippen molar-refractivity contribution in [3.63, 3.8) is 0 Å². The first kappa shape index (κ1) is 43.0. The molecule has 1 aromatic heterocycles. The maximum Gasteiger partial charge on any atom is 0.408 e. The van der Waals surface area contributed by atoms with Crippen molar-refractivity contribution in [3.05, 3.63) is 42.5 Å². The monoisotopic (exact) mass is 831 g/mol. The number of fused-ring (bicyclic) bond motifs is 3. The van der Waals surface area contributed by atoms with Crippen molar-refractivity contribution in [3.8, 4) is 11.8 Å². The largest absolute Gasteiger partial charge is 0.478 e. The van der Waals surface area contributed by atoms with Crippen molar-refractivity contribution in [2.45, 2.75) is 133 Å². The molecule has 2 aliphatic carbocycles. The number of sulfonamides is 1. The fourth-order valence-corrected chi connectivity index (χ4v) is 9.00. The average molecular weight is 832 g/mol. The smallest absolute Gasteiger partial charge is 0.408 e. The molecule has 1 saturated heterocycles. The lowest BCUT2D eigenvalue weighted by molar-refractivity contribution is -0.152. The minimum absolute atomic E-state index is 0.0215. The topological polar surface area (TPSA) is 182 Å². The van der Waals surface area contributed by atoms with Gasteiger partial charge in [-0.15, -0.1) is 0 Å². The van der Waals surface area contributed by atoms with Gasteiger partial charge in [-0.05, 0) is 89.5 Å². The van der Waals surface area contributed by atoms with E-state index in [9.17, 15) is 36.4 Å². The number of hydrogen-bond acceptors (Lipinski definition) is 10. The Labute approximate surface area is 338 Å². The maximum atomic E-state index is 14.9. The van der Waals surface area contributed by atoms with E-state index in [-0.39, 0.29) is 31.2 Å². The zero-order chi connectivity index (χ0) is 42.4. The highest BCUT2D eigenvalue weighted by Crippen LogP contribution is 2.48. The van der Waals surface area contributed by atoms with E-state index < -0.39 is 85.7 Å².